The maximum absolute atomic E-state index is 13.3. The summed E-state index contributed by atoms with van der Waals surface area (Å²) in [6.07, 6.45) is 4.33. The van der Waals surface area contributed by atoms with E-state index in [1.54, 1.807) is 6.07 Å². The van der Waals surface area contributed by atoms with Gasteiger partial charge in [-0.2, -0.15) is 0 Å². The summed E-state index contributed by atoms with van der Waals surface area (Å²) in [4.78, 5) is 0. The van der Waals surface area contributed by atoms with Crippen molar-refractivity contribution in [3.05, 3.63) is 35.1 Å². The maximum Gasteiger partial charge on any atom is 0.126 e. The Morgan fingerprint density at radius 2 is 2.33 bits per heavy atom. The number of hydrogen-bond donors (Lipinski definition) is 1. The van der Waals surface area contributed by atoms with Crippen LogP contribution in [0.25, 0.3) is 0 Å². The average molecular weight is 207 g/mol. The standard InChI is InChI=1S/C13H18FN/c1-2-11-8-10(5-6-13(11)14)9-12-4-3-7-15-12/h5-6,8,12,15H,2-4,7,9H2,1H3. The lowest BCUT2D eigenvalue weighted by Crippen LogP contribution is -2.23. The molecule has 1 heterocycles. The first-order valence-corrected chi connectivity index (χ1v) is 5.80. The van der Waals surface area contributed by atoms with E-state index in [2.05, 4.69) is 5.32 Å². The van der Waals surface area contributed by atoms with E-state index < -0.39 is 0 Å². The second-order valence-corrected chi connectivity index (χ2v) is 4.28. The van der Waals surface area contributed by atoms with E-state index in [1.165, 1.54) is 18.4 Å². The van der Waals surface area contributed by atoms with E-state index in [0.29, 0.717) is 6.04 Å². The van der Waals surface area contributed by atoms with Crippen molar-refractivity contribution in [3.8, 4) is 0 Å². The van der Waals surface area contributed by atoms with E-state index in [0.717, 1.165) is 24.9 Å². The molecule has 0 spiro atoms. The third-order valence-corrected chi connectivity index (χ3v) is 3.14. The second-order valence-electron chi connectivity index (χ2n) is 4.28. The number of halogens is 1. The van der Waals surface area contributed by atoms with Crippen LogP contribution in [0.3, 0.4) is 0 Å². The molecule has 15 heavy (non-hydrogen) atoms. The van der Waals surface area contributed by atoms with Gasteiger partial charge in [0, 0.05) is 6.04 Å². The second kappa shape index (κ2) is 4.75. The molecule has 1 aromatic carbocycles. The summed E-state index contributed by atoms with van der Waals surface area (Å²) < 4.78 is 13.3. The van der Waals surface area contributed by atoms with Crippen molar-refractivity contribution in [2.75, 3.05) is 6.54 Å². The van der Waals surface area contributed by atoms with E-state index >= 15 is 0 Å². The first kappa shape index (κ1) is 10.6. The zero-order valence-corrected chi connectivity index (χ0v) is 9.22. The molecule has 1 aliphatic heterocycles. The number of hydrogen-bond acceptors (Lipinski definition) is 1. The molecule has 2 heteroatoms. The summed E-state index contributed by atoms with van der Waals surface area (Å²) in [7, 11) is 0. The molecular formula is C13H18FN. The summed E-state index contributed by atoms with van der Waals surface area (Å²) in [6.45, 7) is 3.13. The molecule has 0 amide bonds. The van der Waals surface area contributed by atoms with Gasteiger partial charge in [0.25, 0.3) is 0 Å². The highest BCUT2D eigenvalue weighted by atomic mass is 19.1. The molecular weight excluding hydrogens is 189 g/mol. The summed E-state index contributed by atoms with van der Waals surface area (Å²) in [5.41, 5.74) is 2.10. The Kier molecular flexibility index (Phi) is 3.37. The Bertz CT molecular complexity index is 329. The van der Waals surface area contributed by atoms with Crippen LogP contribution in [0.2, 0.25) is 0 Å². The van der Waals surface area contributed by atoms with Gasteiger partial charge in [-0.05, 0) is 49.4 Å². The fourth-order valence-electron chi connectivity index (χ4n) is 2.24. The lowest BCUT2D eigenvalue weighted by Gasteiger charge is -2.11. The van der Waals surface area contributed by atoms with Crippen LogP contribution in [0.1, 0.15) is 30.9 Å². The largest absolute Gasteiger partial charge is 0.314 e. The maximum atomic E-state index is 13.3. The quantitative estimate of drug-likeness (QED) is 0.803. The molecule has 0 aliphatic carbocycles. The van der Waals surface area contributed by atoms with Crippen LogP contribution in [0.15, 0.2) is 18.2 Å². The summed E-state index contributed by atoms with van der Waals surface area (Å²) in [5, 5.41) is 3.46. The molecule has 0 bridgehead atoms. The van der Waals surface area contributed by atoms with Gasteiger partial charge in [-0.25, -0.2) is 4.39 Å². The molecule has 1 aliphatic rings. The fraction of sp³-hybridized carbons (Fsp3) is 0.538. The van der Waals surface area contributed by atoms with Crippen LogP contribution < -0.4 is 5.32 Å². The summed E-state index contributed by atoms with van der Waals surface area (Å²) in [5.74, 6) is -0.0689. The molecule has 1 aromatic rings. The Labute approximate surface area is 90.7 Å². The van der Waals surface area contributed by atoms with E-state index in [1.807, 2.05) is 19.1 Å². The lowest BCUT2D eigenvalue weighted by atomic mass is 10.0. The van der Waals surface area contributed by atoms with Gasteiger partial charge in [0.05, 0.1) is 0 Å². The topological polar surface area (TPSA) is 12.0 Å². The summed E-state index contributed by atoms with van der Waals surface area (Å²) in [6, 6.07) is 6.12. The van der Waals surface area contributed by atoms with Crippen LogP contribution in [0, 0.1) is 5.82 Å². The van der Waals surface area contributed by atoms with Gasteiger partial charge >= 0.3 is 0 Å². The highest BCUT2D eigenvalue weighted by Gasteiger charge is 2.14. The average Bonchev–Trinajstić information content (AvgIpc) is 2.73. The number of benzene rings is 1. The number of nitrogens with one attached hydrogen (secondary N) is 1. The minimum Gasteiger partial charge on any atom is -0.314 e. The smallest absolute Gasteiger partial charge is 0.126 e. The highest BCUT2D eigenvalue weighted by molar-refractivity contribution is 5.25. The Hall–Kier alpha value is -0.890. The normalized spacial score (nSPS) is 20.8. The van der Waals surface area contributed by atoms with Gasteiger partial charge in [0.1, 0.15) is 5.82 Å². The number of aryl methyl sites for hydroxylation is 1. The molecule has 82 valence electrons. The van der Waals surface area contributed by atoms with Crippen molar-refractivity contribution in [2.45, 2.75) is 38.6 Å². The van der Waals surface area contributed by atoms with Gasteiger partial charge in [-0.3, -0.25) is 0 Å². The van der Waals surface area contributed by atoms with Crippen molar-refractivity contribution in [2.24, 2.45) is 0 Å². The van der Waals surface area contributed by atoms with Crippen LogP contribution >= 0.6 is 0 Å². The summed E-state index contributed by atoms with van der Waals surface area (Å²) >= 11 is 0. The van der Waals surface area contributed by atoms with E-state index in [9.17, 15) is 4.39 Å². The molecule has 1 atom stereocenters. The first-order valence-electron chi connectivity index (χ1n) is 5.80. The van der Waals surface area contributed by atoms with Gasteiger partial charge in [-0.1, -0.05) is 19.1 Å². The molecule has 1 saturated heterocycles. The van der Waals surface area contributed by atoms with Crippen LogP contribution in [-0.2, 0) is 12.8 Å². The lowest BCUT2D eigenvalue weighted by molar-refractivity contribution is 0.593. The minimum absolute atomic E-state index is 0.0689. The third-order valence-electron chi connectivity index (χ3n) is 3.14. The molecule has 0 aromatic heterocycles. The van der Waals surface area contributed by atoms with Crippen LogP contribution in [0.5, 0.6) is 0 Å². The minimum atomic E-state index is -0.0689. The SMILES string of the molecule is CCc1cc(CC2CCCN2)ccc1F. The van der Waals surface area contributed by atoms with Crippen LogP contribution in [0.4, 0.5) is 4.39 Å². The Morgan fingerprint density at radius 1 is 1.47 bits per heavy atom. The molecule has 1 unspecified atom stereocenters. The molecule has 2 rings (SSSR count). The molecule has 1 N–H and O–H groups in total. The van der Waals surface area contributed by atoms with Crippen LogP contribution in [-0.4, -0.2) is 12.6 Å². The molecule has 1 fully saturated rings. The zero-order valence-electron chi connectivity index (χ0n) is 9.22. The first-order chi connectivity index (χ1) is 7.29. The van der Waals surface area contributed by atoms with Gasteiger partial charge < -0.3 is 5.32 Å². The predicted octanol–water partition coefficient (Wildman–Crippen LogP) is 2.68. The molecule has 0 radical (unpaired) electrons. The fourth-order valence-corrected chi connectivity index (χ4v) is 2.24. The molecule has 1 nitrogen and oxygen atoms in total. The zero-order chi connectivity index (χ0) is 10.7. The highest BCUT2D eigenvalue weighted by Crippen LogP contribution is 2.16. The Balaban J connectivity index is 2.07. The van der Waals surface area contributed by atoms with Gasteiger partial charge in [0.2, 0.25) is 0 Å². The van der Waals surface area contributed by atoms with E-state index in [-0.39, 0.29) is 5.82 Å². The molecule has 0 saturated carbocycles. The van der Waals surface area contributed by atoms with Crippen molar-refractivity contribution >= 4 is 0 Å². The monoisotopic (exact) mass is 207 g/mol. The Morgan fingerprint density at radius 3 is 3.00 bits per heavy atom. The predicted molar refractivity (Wildman–Crippen MR) is 60.5 cm³/mol. The van der Waals surface area contributed by atoms with Gasteiger partial charge in [-0.15, -0.1) is 0 Å². The number of rotatable bonds is 3. The van der Waals surface area contributed by atoms with Crippen molar-refractivity contribution in [1.29, 1.82) is 0 Å². The van der Waals surface area contributed by atoms with Gasteiger partial charge in [0.15, 0.2) is 0 Å². The van der Waals surface area contributed by atoms with Crippen molar-refractivity contribution in [3.63, 3.8) is 0 Å². The van der Waals surface area contributed by atoms with Crippen molar-refractivity contribution in [1.82, 2.24) is 5.32 Å². The third kappa shape index (κ3) is 2.57. The van der Waals surface area contributed by atoms with Crippen molar-refractivity contribution < 1.29 is 4.39 Å². The van der Waals surface area contributed by atoms with E-state index in [4.69, 9.17) is 0 Å².